The van der Waals surface area contributed by atoms with E-state index in [2.05, 4.69) is 9.97 Å². The Morgan fingerprint density at radius 2 is 2.13 bits per heavy atom. The summed E-state index contributed by atoms with van der Waals surface area (Å²) in [5.41, 5.74) is 2.17. The molecule has 1 amide bonds. The normalized spacial score (nSPS) is 13.6. The average molecular weight is 333 g/mol. The second-order valence-electron chi connectivity index (χ2n) is 5.66. The SMILES string of the molecule is CN(C)c1ncnc2c1CCN(C(=O)c1ccc(Cl)cc1O)C2. The second kappa shape index (κ2) is 6.04. The van der Waals surface area contributed by atoms with Crippen LogP contribution in [-0.4, -0.2) is 46.5 Å². The quantitative estimate of drug-likeness (QED) is 0.912. The van der Waals surface area contributed by atoms with E-state index in [4.69, 9.17) is 11.6 Å². The lowest BCUT2D eigenvalue weighted by molar-refractivity contribution is 0.0728. The van der Waals surface area contributed by atoms with Gasteiger partial charge in [-0.05, 0) is 24.6 Å². The zero-order valence-electron chi connectivity index (χ0n) is 13.0. The predicted octanol–water partition coefficient (Wildman–Crippen LogP) is 2.10. The van der Waals surface area contributed by atoms with Gasteiger partial charge in [0.1, 0.15) is 17.9 Å². The highest BCUT2D eigenvalue weighted by Crippen LogP contribution is 2.28. The number of anilines is 1. The molecule has 0 saturated carbocycles. The minimum absolute atomic E-state index is 0.107. The van der Waals surface area contributed by atoms with Crippen LogP contribution in [0.3, 0.4) is 0 Å². The van der Waals surface area contributed by atoms with Gasteiger partial charge in [0, 0.05) is 31.2 Å². The first-order valence-electron chi connectivity index (χ1n) is 7.25. The summed E-state index contributed by atoms with van der Waals surface area (Å²) in [6, 6.07) is 4.51. The lowest BCUT2D eigenvalue weighted by atomic mass is 10.0. The first kappa shape index (κ1) is 15.6. The van der Waals surface area contributed by atoms with E-state index in [0.29, 0.717) is 24.5 Å². The molecule has 1 aromatic heterocycles. The number of fused-ring (bicyclic) bond motifs is 1. The zero-order valence-corrected chi connectivity index (χ0v) is 13.7. The Morgan fingerprint density at radius 3 is 2.83 bits per heavy atom. The molecule has 0 atom stereocenters. The van der Waals surface area contributed by atoms with Gasteiger partial charge in [-0.1, -0.05) is 11.6 Å². The highest BCUT2D eigenvalue weighted by molar-refractivity contribution is 6.30. The topological polar surface area (TPSA) is 69.6 Å². The van der Waals surface area contributed by atoms with Gasteiger partial charge in [0.05, 0.1) is 17.8 Å². The number of carbonyl (C=O) groups excluding carboxylic acids is 1. The number of nitrogens with zero attached hydrogens (tertiary/aromatic N) is 4. The average Bonchev–Trinajstić information content (AvgIpc) is 2.53. The van der Waals surface area contributed by atoms with E-state index in [1.54, 1.807) is 17.0 Å². The maximum absolute atomic E-state index is 12.6. The molecule has 120 valence electrons. The van der Waals surface area contributed by atoms with Crippen molar-refractivity contribution >= 4 is 23.3 Å². The van der Waals surface area contributed by atoms with Crippen LogP contribution in [0.5, 0.6) is 5.75 Å². The van der Waals surface area contributed by atoms with Crippen LogP contribution < -0.4 is 4.90 Å². The first-order valence-corrected chi connectivity index (χ1v) is 7.63. The molecule has 6 nitrogen and oxygen atoms in total. The Hall–Kier alpha value is -2.34. The zero-order chi connectivity index (χ0) is 16.6. The van der Waals surface area contributed by atoms with Crippen LogP contribution in [-0.2, 0) is 13.0 Å². The van der Waals surface area contributed by atoms with Crippen LogP contribution in [0.2, 0.25) is 5.02 Å². The molecule has 0 spiro atoms. The molecule has 0 unspecified atom stereocenters. The number of hydrogen-bond acceptors (Lipinski definition) is 5. The predicted molar refractivity (Wildman–Crippen MR) is 87.9 cm³/mol. The molecule has 1 aliphatic rings. The fourth-order valence-electron chi connectivity index (χ4n) is 2.75. The van der Waals surface area contributed by atoms with Crippen molar-refractivity contribution in [1.29, 1.82) is 0 Å². The Labute approximate surface area is 139 Å². The molecule has 2 aromatic rings. The molecule has 1 N–H and O–H groups in total. The molecule has 0 saturated heterocycles. The van der Waals surface area contributed by atoms with E-state index in [0.717, 1.165) is 17.1 Å². The van der Waals surface area contributed by atoms with Crippen LogP contribution >= 0.6 is 11.6 Å². The van der Waals surface area contributed by atoms with E-state index in [-0.39, 0.29) is 17.2 Å². The number of amides is 1. The van der Waals surface area contributed by atoms with Gasteiger partial charge in [-0.2, -0.15) is 0 Å². The van der Waals surface area contributed by atoms with Gasteiger partial charge in [-0.25, -0.2) is 9.97 Å². The number of halogens is 1. The lowest BCUT2D eigenvalue weighted by Crippen LogP contribution is -2.37. The summed E-state index contributed by atoms with van der Waals surface area (Å²) < 4.78 is 0. The molecule has 0 radical (unpaired) electrons. The Kier molecular flexibility index (Phi) is 4.09. The molecule has 3 rings (SSSR count). The van der Waals surface area contributed by atoms with Crippen molar-refractivity contribution in [2.24, 2.45) is 0 Å². The molecule has 1 aromatic carbocycles. The minimum atomic E-state index is -0.227. The maximum atomic E-state index is 12.6. The van der Waals surface area contributed by atoms with Crippen molar-refractivity contribution in [3.63, 3.8) is 0 Å². The van der Waals surface area contributed by atoms with Crippen LogP contribution in [0, 0.1) is 0 Å². The lowest BCUT2D eigenvalue weighted by Gasteiger charge is -2.30. The summed E-state index contributed by atoms with van der Waals surface area (Å²) in [7, 11) is 3.87. The summed E-state index contributed by atoms with van der Waals surface area (Å²) in [5.74, 6) is 0.552. The van der Waals surface area contributed by atoms with Crippen molar-refractivity contribution in [2.45, 2.75) is 13.0 Å². The van der Waals surface area contributed by atoms with E-state index in [1.807, 2.05) is 19.0 Å². The van der Waals surface area contributed by atoms with Gasteiger partial charge in [0.25, 0.3) is 5.91 Å². The molecule has 23 heavy (non-hydrogen) atoms. The van der Waals surface area contributed by atoms with Crippen LogP contribution in [0.1, 0.15) is 21.6 Å². The minimum Gasteiger partial charge on any atom is -0.507 e. The summed E-state index contributed by atoms with van der Waals surface area (Å²) in [5, 5.41) is 10.3. The highest BCUT2D eigenvalue weighted by atomic mass is 35.5. The van der Waals surface area contributed by atoms with Crippen LogP contribution in [0.4, 0.5) is 5.82 Å². The van der Waals surface area contributed by atoms with Gasteiger partial charge < -0.3 is 14.9 Å². The number of phenols is 1. The largest absolute Gasteiger partial charge is 0.507 e. The molecule has 7 heteroatoms. The summed E-state index contributed by atoms with van der Waals surface area (Å²) in [6.07, 6.45) is 2.20. The third-order valence-electron chi connectivity index (χ3n) is 3.89. The Morgan fingerprint density at radius 1 is 1.35 bits per heavy atom. The van der Waals surface area contributed by atoms with Gasteiger partial charge in [0.15, 0.2) is 0 Å². The fourth-order valence-corrected chi connectivity index (χ4v) is 2.92. The van der Waals surface area contributed by atoms with Gasteiger partial charge in [0.2, 0.25) is 0 Å². The number of phenolic OH excluding ortho intramolecular Hbond substituents is 1. The monoisotopic (exact) mass is 332 g/mol. The van der Waals surface area contributed by atoms with Crippen molar-refractivity contribution in [3.8, 4) is 5.75 Å². The van der Waals surface area contributed by atoms with E-state index < -0.39 is 0 Å². The van der Waals surface area contributed by atoms with E-state index in [1.165, 1.54) is 12.4 Å². The molecule has 1 aliphatic heterocycles. The summed E-state index contributed by atoms with van der Waals surface area (Å²) in [6.45, 7) is 0.960. The molecule has 0 aliphatic carbocycles. The third kappa shape index (κ3) is 2.94. The summed E-state index contributed by atoms with van der Waals surface area (Å²) in [4.78, 5) is 24.9. The number of aromatic nitrogens is 2. The standard InChI is InChI=1S/C16H17ClN4O2/c1-20(2)15-11-5-6-21(8-13(11)18-9-19-15)16(23)12-4-3-10(17)7-14(12)22/h3-4,7,9,22H,5-6,8H2,1-2H3. The number of carbonyl (C=O) groups is 1. The molecule has 0 fully saturated rings. The van der Waals surface area contributed by atoms with E-state index >= 15 is 0 Å². The van der Waals surface area contributed by atoms with Gasteiger partial charge >= 0.3 is 0 Å². The number of hydrogen-bond donors (Lipinski definition) is 1. The smallest absolute Gasteiger partial charge is 0.257 e. The highest BCUT2D eigenvalue weighted by Gasteiger charge is 2.26. The maximum Gasteiger partial charge on any atom is 0.257 e. The Balaban J connectivity index is 1.87. The van der Waals surface area contributed by atoms with Crippen molar-refractivity contribution in [2.75, 3.05) is 25.5 Å². The fraction of sp³-hybridized carbons (Fsp3) is 0.312. The van der Waals surface area contributed by atoms with E-state index in [9.17, 15) is 9.90 Å². The molecular weight excluding hydrogens is 316 g/mol. The molecule has 0 bridgehead atoms. The van der Waals surface area contributed by atoms with Gasteiger partial charge in [-0.3, -0.25) is 4.79 Å². The third-order valence-corrected chi connectivity index (χ3v) is 4.12. The second-order valence-corrected chi connectivity index (χ2v) is 6.09. The number of benzene rings is 1. The van der Waals surface area contributed by atoms with Crippen molar-refractivity contribution in [3.05, 3.63) is 46.4 Å². The van der Waals surface area contributed by atoms with Gasteiger partial charge in [-0.15, -0.1) is 0 Å². The number of rotatable bonds is 2. The molecule has 2 heterocycles. The Bertz CT molecular complexity index is 764. The summed E-state index contributed by atoms with van der Waals surface area (Å²) >= 11 is 5.81. The van der Waals surface area contributed by atoms with Crippen LogP contribution in [0.25, 0.3) is 0 Å². The first-order chi connectivity index (χ1) is 11.0. The molecular formula is C16H17ClN4O2. The van der Waals surface area contributed by atoms with Crippen molar-refractivity contribution < 1.29 is 9.90 Å². The van der Waals surface area contributed by atoms with Crippen LogP contribution in [0.15, 0.2) is 24.5 Å². The number of aromatic hydroxyl groups is 1. The van der Waals surface area contributed by atoms with Crippen molar-refractivity contribution in [1.82, 2.24) is 14.9 Å².